The number of rotatable bonds is 8. The SMILES string of the molecule is CCOC(=O)c1cc(-c2ccc(N3CCOCC3)cc2)c(C(=N)C(C)C)c([NH2+]C2CCN(C(C)=O)CC2)n1. The molecule has 4 rings (SSSR count). The molecule has 204 valence electrons. The van der Waals surface area contributed by atoms with E-state index in [9.17, 15) is 9.59 Å². The maximum Gasteiger partial charge on any atom is 0.357 e. The van der Waals surface area contributed by atoms with E-state index in [1.807, 2.05) is 18.7 Å². The minimum absolute atomic E-state index is 0.0247. The number of likely N-dealkylation sites (tertiary alicyclic amines) is 1. The standard InChI is InChI=1S/C29H39N5O4/c1-5-38-29(36)25-18-24(21-6-8-23(9-7-21)34-14-16-37-17-15-34)26(27(30)19(2)3)28(32-25)31-22-10-12-33(13-11-22)20(4)35/h6-9,18-19,22,30H,5,10-17H2,1-4H3,(H,31,32)/p+1. The van der Waals surface area contributed by atoms with Crippen LogP contribution in [0.1, 0.15) is 56.6 Å². The smallest absolute Gasteiger partial charge is 0.357 e. The number of piperidine rings is 1. The lowest BCUT2D eigenvalue weighted by molar-refractivity contribution is -0.617. The van der Waals surface area contributed by atoms with E-state index in [1.165, 1.54) is 0 Å². The Hall–Kier alpha value is -3.30. The zero-order chi connectivity index (χ0) is 27.2. The maximum absolute atomic E-state index is 12.9. The van der Waals surface area contributed by atoms with Gasteiger partial charge >= 0.3 is 5.97 Å². The molecule has 0 saturated carbocycles. The van der Waals surface area contributed by atoms with Crippen molar-refractivity contribution in [3.8, 4) is 11.1 Å². The largest absolute Gasteiger partial charge is 0.461 e. The van der Waals surface area contributed by atoms with Crippen molar-refractivity contribution in [1.29, 1.82) is 5.41 Å². The Morgan fingerprint density at radius 2 is 1.79 bits per heavy atom. The summed E-state index contributed by atoms with van der Waals surface area (Å²) in [5.41, 5.74) is 4.33. The second kappa shape index (κ2) is 12.5. The molecule has 3 N–H and O–H groups in total. The Morgan fingerprint density at radius 3 is 2.37 bits per heavy atom. The number of aromatic nitrogens is 1. The van der Waals surface area contributed by atoms with Gasteiger partial charge in [-0.3, -0.25) is 10.1 Å². The first kappa shape index (κ1) is 27.7. The number of nitrogens with zero attached hydrogens (tertiary/aromatic N) is 3. The fraction of sp³-hybridized carbons (Fsp3) is 0.517. The molecule has 2 saturated heterocycles. The summed E-state index contributed by atoms with van der Waals surface area (Å²) in [4.78, 5) is 33.6. The normalized spacial score (nSPS) is 16.6. The van der Waals surface area contributed by atoms with E-state index in [4.69, 9.17) is 19.9 Å². The van der Waals surface area contributed by atoms with Crippen LogP contribution in [-0.4, -0.2) is 79.5 Å². The Morgan fingerprint density at radius 1 is 1.13 bits per heavy atom. The maximum atomic E-state index is 12.9. The minimum Gasteiger partial charge on any atom is -0.461 e. The summed E-state index contributed by atoms with van der Waals surface area (Å²) in [7, 11) is 0. The average Bonchev–Trinajstić information content (AvgIpc) is 2.93. The lowest BCUT2D eigenvalue weighted by Gasteiger charge is -2.30. The summed E-state index contributed by atoms with van der Waals surface area (Å²) in [6.45, 7) is 12.2. The zero-order valence-electron chi connectivity index (χ0n) is 23.0. The summed E-state index contributed by atoms with van der Waals surface area (Å²) >= 11 is 0. The molecule has 0 spiro atoms. The molecule has 3 heterocycles. The molecule has 2 aliphatic rings. The summed E-state index contributed by atoms with van der Waals surface area (Å²) < 4.78 is 10.8. The van der Waals surface area contributed by atoms with E-state index in [2.05, 4.69) is 34.5 Å². The Kier molecular flexibility index (Phi) is 9.12. The number of nitrogens with two attached hydrogens (primary N) is 1. The number of esters is 1. The van der Waals surface area contributed by atoms with Gasteiger partial charge in [-0.05, 0) is 36.6 Å². The second-order valence-corrected chi connectivity index (χ2v) is 10.3. The number of nitrogens with one attached hydrogen (secondary N) is 1. The van der Waals surface area contributed by atoms with E-state index in [0.717, 1.165) is 61.5 Å². The van der Waals surface area contributed by atoms with Crippen molar-refractivity contribution in [2.75, 3.05) is 50.9 Å². The molecule has 2 aliphatic heterocycles. The number of carbonyl (C=O) groups excluding carboxylic acids is 2. The Balaban J connectivity index is 1.75. The van der Waals surface area contributed by atoms with Gasteiger partial charge < -0.3 is 24.7 Å². The van der Waals surface area contributed by atoms with Crippen LogP contribution in [0.3, 0.4) is 0 Å². The average molecular weight is 523 g/mol. The van der Waals surface area contributed by atoms with Gasteiger partial charge in [-0.2, -0.15) is 4.98 Å². The molecule has 2 fully saturated rings. The van der Waals surface area contributed by atoms with Gasteiger partial charge in [-0.25, -0.2) is 4.79 Å². The van der Waals surface area contributed by atoms with Gasteiger partial charge in [0.15, 0.2) is 5.69 Å². The predicted octanol–water partition coefficient (Wildman–Crippen LogP) is 2.99. The van der Waals surface area contributed by atoms with E-state index in [1.54, 1.807) is 19.9 Å². The van der Waals surface area contributed by atoms with Gasteiger partial charge in [0.1, 0.15) is 0 Å². The molecular formula is C29H40N5O4+. The fourth-order valence-electron chi connectivity index (χ4n) is 5.07. The van der Waals surface area contributed by atoms with Crippen LogP contribution in [0, 0.1) is 11.3 Å². The quantitative estimate of drug-likeness (QED) is 0.407. The molecular weight excluding hydrogens is 482 g/mol. The molecule has 1 aromatic heterocycles. The van der Waals surface area contributed by atoms with Crippen molar-refractivity contribution >= 4 is 29.1 Å². The van der Waals surface area contributed by atoms with Crippen molar-refractivity contribution < 1.29 is 24.4 Å². The van der Waals surface area contributed by atoms with Crippen LogP contribution in [0.15, 0.2) is 30.3 Å². The highest BCUT2D eigenvalue weighted by atomic mass is 16.5. The van der Waals surface area contributed by atoms with Gasteiger partial charge in [-0.1, -0.05) is 26.0 Å². The third kappa shape index (κ3) is 6.39. The summed E-state index contributed by atoms with van der Waals surface area (Å²) in [5, 5.41) is 11.1. The summed E-state index contributed by atoms with van der Waals surface area (Å²) in [6.07, 6.45) is 1.64. The molecule has 9 nitrogen and oxygen atoms in total. The van der Waals surface area contributed by atoms with Gasteiger partial charge in [0.05, 0.1) is 31.4 Å². The van der Waals surface area contributed by atoms with E-state index in [-0.39, 0.29) is 30.2 Å². The van der Waals surface area contributed by atoms with Crippen LogP contribution in [-0.2, 0) is 14.3 Å². The first-order chi connectivity index (χ1) is 18.3. The zero-order valence-corrected chi connectivity index (χ0v) is 23.0. The second-order valence-electron chi connectivity index (χ2n) is 10.3. The number of hydrogen-bond acceptors (Lipinski definition) is 7. The summed E-state index contributed by atoms with van der Waals surface area (Å²) in [6, 6.07) is 10.3. The van der Waals surface area contributed by atoms with E-state index >= 15 is 0 Å². The number of benzene rings is 1. The molecule has 1 amide bonds. The van der Waals surface area contributed by atoms with Crippen molar-refractivity contribution in [1.82, 2.24) is 9.88 Å². The van der Waals surface area contributed by atoms with Crippen molar-refractivity contribution in [2.24, 2.45) is 5.92 Å². The Bertz CT molecular complexity index is 1150. The van der Waals surface area contributed by atoms with Crippen LogP contribution in [0.5, 0.6) is 0 Å². The number of amides is 1. The van der Waals surface area contributed by atoms with Crippen LogP contribution < -0.4 is 10.2 Å². The fourth-order valence-corrected chi connectivity index (χ4v) is 5.07. The van der Waals surface area contributed by atoms with Crippen molar-refractivity contribution in [3.63, 3.8) is 0 Å². The van der Waals surface area contributed by atoms with Gasteiger partial charge in [-0.15, -0.1) is 0 Å². The van der Waals surface area contributed by atoms with Crippen molar-refractivity contribution in [3.05, 3.63) is 41.6 Å². The van der Waals surface area contributed by atoms with Gasteiger partial charge in [0, 0.05) is 62.9 Å². The van der Waals surface area contributed by atoms with Crippen LogP contribution >= 0.6 is 0 Å². The van der Waals surface area contributed by atoms with Crippen LogP contribution in [0.2, 0.25) is 0 Å². The molecule has 0 bridgehead atoms. The van der Waals surface area contributed by atoms with Crippen molar-refractivity contribution in [2.45, 2.75) is 46.6 Å². The number of quaternary nitrogens is 1. The number of ether oxygens (including phenoxy) is 2. The molecule has 9 heteroatoms. The third-order valence-electron chi connectivity index (χ3n) is 7.31. The minimum atomic E-state index is -0.470. The van der Waals surface area contributed by atoms with Crippen LogP contribution in [0.25, 0.3) is 11.1 Å². The highest BCUT2D eigenvalue weighted by molar-refractivity contribution is 6.08. The molecule has 0 radical (unpaired) electrons. The lowest BCUT2D eigenvalue weighted by Crippen LogP contribution is -2.86. The number of morpholine rings is 1. The highest BCUT2D eigenvalue weighted by Crippen LogP contribution is 2.32. The third-order valence-corrected chi connectivity index (χ3v) is 7.31. The number of carbonyl (C=O) groups is 2. The number of anilines is 1. The van der Waals surface area contributed by atoms with E-state index < -0.39 is 5.97 Å². The number of pyridine rings is 1. The molecule has 1 aromatic carbocycles. The molecule has 38 heavy (non-hydrogen) atoms. The molecule has 0 aliphatic carbocycles. The topological polar surface area (TPSA) is 112 Å². The van der Waals surface area contributed by atoms with Gasteiger partial charge in [0.25, 0.3) is 0 Å². The van der Waals surface area contributed by atoms with E-state index in [0.29, 0.717) is 24.6 Å². The predicted molar refractivity (Wildman–Crippen MR) is 147 cm³/mol. The first-order valence-corrected chi connectivity index (χ1v) is 13.6. The van der Waals surface area contributed by atoms with Gasteiger partial charge in [0.2, 0.25) is 11.7 Å². The lowest BCUT2D eigenvalue weighted by atomic mass is 9.91. The summed E-state index contributed by atoms with van der Waals surface area (Å²) in [5.74, 6) is 0.240. The molecule has 2 aromatic rings. The van der Waals surface area contributed by atoms with Crippen LogP contribution in [0.4, 0.5) is 11.5 Å². The molecule has 0 atom stereocenters. The highest BCUT2D eigenvalue weighted by Gasteiger charge is 2.29. The monoisotopic (exact) mass is 522 g/mol. The molecule has 0 unspecified atom stereocenters. The first-order valence-electron chi connectivity index (χ1n) is 13.6. The Labute approximate surface area is 225 Å². The number of hydrogen-bond donors (Lipinski definition) is 2.